The van der Waals surface area contributed by atoms with Crippen molar-refractivity contribution in [3.8, 4) is 33.8 Å². The fraction of sp³-hybridized carbons (Fsp3) is 0.312. The Hall–Kier alpha value is -6.48. The van der Waals surface area contributed by atoms with Gasteiger partial charge in [0.25, 0.3) is 0 Å². The maximum absolute atomic E-state index is 12.7. The highest BCUT2D eigenvalue weighted by Crippen LogP contribution is 2.33. The maximum Gasteiger partial charge on any atom is 0.490 e. The number of halogens is 5. The lowest BCUT2D eigenvalue weighted by Crippen LogP contribution is -2.38. The zero-order valence-electron chi connectivity index (χ0n) is 37.3. The average molecular weight is 996 g/mol. The number of nitrogens with zero attached hydrogens (tertiary/aromatic N) is 4. The van der Waals surface area contributed by atoms with Crippen molar-refractivity contribution in [3.05, 3.63) is 131 Å². The van der Waals surface area contributed by atoms with E-state index in [9.17, 15) is 22.8 Å². The lowest BCUT2D eigenvalue weighted by atomic mass is 10.1. The van der Waals surface area contributed by atoms with Crippen LogP contribution in [0.4, 0.5) is 24.5 Å². The minimum atomic E-state index is -5.08. The number of alkyl halides is 3. The molecule has 8 rings (SSSR count). The van der Waals surface area contributed by atoms with Gasteiger partial charge < -0.3 is 34.7 Å². The first-order chi connectivity index (χ1) is 33.3. The zero-order chi connectivity index (χ0) is 49.0. The van der Waals surface area contributed by atoms with Gasteiger partial charge in [0.15, 0.2) is 0 Å². The van der Waals surface area contributed by atoms with E-state index in [1.165, 1.54) is 0 Å². The first-order valence-corrected chi connectivity index (χ1v) is 22.6. The zero-order valence-corrected chi connectivity index (χ0v) is 38.8. The first-order valence-electron chi connectivity index (χ1n) is 21.8. The van der Waals surface area contributed by atoms with E-state index in [0.29, 0.717) is 46.1 Å². The summed E-state index contributed by atoms with van der Waals surface area (Å²) < 4.78 is 54.7. The molecule has 5 N–H and O–H groups in total. The topological polar surface area (TPSA) is 196 Å². The predicted octanol–water partition coefficient (Wildman–Crippen LogP) is 7.88. The lowest BCUT2D eigenvalue weighted by Gasteiger charge is -2.26. The van der Waals surface area contributed by atoms with E-state index in [4.69, 9.17) is 52.1 Å². The van der Waals surface area contributed by atoms with E-state index in [0.717, 1.165) is 99.1 Å². The second kappa shape index (κ2) is 26.3. The summed E-state index contributed by atoms with van der Waals surface area (Å²) in [7, 11) is 0. The van der Waals surface area contributed by atoms with Gasteiger partial charge in [-0.05, 0) is 53.1 Å². The van der Waals surface area contributed by atoms with Crippen LogP contribution in [-0.2, 0) is 36.7 Å². The molecule has 21 heteroatoms. The highest BCUT2D eigenvalue weighted by atomic mass is 35.5. The Balaban J connectivity index is 0.000000199. The molecule has 2 amide bonds. The van der Waals surface area contributed by atoms with Crippen LogP contribution in [0, 0.1) is 0 Å². The van der Waals surface area contributed by atoms with Crippen molar-refractivity contribution in [2.75, 3.05) is 89.5 Å². The van der Waals surface area contributed by atoms with Crippen molar-refractivity contribution >= 4 is 52.4 Å². The summed E-state index contributed by atoms with van der Waals surface area (Å²) in [5, 5.41) is 27.9. The molecule has 366 valence electrons. The number of ether oxygens (including phenoxy) is 4. The van der Waals surface area contributed by atoms with E-state index in [-0.39, 0.29) is 24.7 Å². The number of morpholine rings is 2. The van der Waals surface area contributed by atoms with Crippen molar-refractivity contribution in [2.45, 2.75) is 19.0 Å². The van der Waals surface area contributed by atoms with Gasteiger partial charge in [-0.3, -0.25) is 29.6 Å². The Bertz CT molecular complexity index is 2560. The van der Waals surface area contributed by atoms with Crippen LogP contribution in [0.25, 0.3) is 22.3 Å². The predicted molar refractivity (Wildman–Crippen MR) is 255 cm³/mol. The second-order valence-electron chi connectivity index (χ2n) is 15.4. The molecule has 4 aromatic carbocycles. The number of carboxylic acid groups (broad SMARTS) is 1. The first kappa shape index (κ1) is 51.9. The molecule has 2 fully saturated rings. The van der Waals surface area contributed by atoms with Gasteiger partial charge in [-0.1, -0.05) is 65.7 Å². The smallest absolute Gasteiger partial charge is 0.490 e. The number of aromatic nitrogens is 4. The standard InChI is InChI=1S/2C23H25ClN4O3.C2HF3O2/c24-20-4-2-1-3-18(20)14-23(29)27-21-6-5-17(19-15-25-26-16-19)13-22(21)31-12-9-28-7-10-30-11-8-28;24-21-4-2-1-3-17(21)13-23(29)27-19-5-6-20(18-15-25-26-16-18)22(14-19)31-12-9-28-7-10-30-11-8-28;3-2(4,5)1(6)7/h1-6,13,15-16H,7-12,14H2,(H,25,26)(H,27,29);1-6,14-16H,7-13H2,(H,25,26)(H,27,29);(H,6,7). The number of hydrogen-bond acceptors (Lipinski definition) is 11. The van der Waals surface area contributed by atoms with Crippen LogP contribution in [0.1, 0.15) is 11.1 Å². The molecule has 2 aliphatic heterocycles. The van der Waals surface area contributed by atoms with Gasteiger partial charge in [-0.25, -0.2) is 4.79 Å². The number of nitrogens with one attached hydrogen (secondary N) is 4. The molecule has 0 atom stereocenters. The minimum absolute atomic E-state index is 0.136. The molecule has 16 nitrogen and oxygen atoms in total. The summed E-state index contributed by atoms with van der Waals surface area (Å²) in [4.78, 5) is 38.7. The SMILES string of the molecule is O=C(Cc1ccccc1Cl)Nc1ccc(-c2cn[nH]c2)c(OCCN2CCOCC2)c1.O=C(Cc1ccccc1Cl)Nc1ccc(-c2cn[nH]c2)cc1OCCN1CCOCC1.O=C(O)C(F)(F)F. The summed E-state index contributed by atoms with van der Waals surface area (Å²) in [5.74, 6) is -1.72. The number of aromatic amines is 2. The monoisotopic (exact) mass is 994 g/mol. The molecule has 0 radical (unpaired) electrons. The van der Waals surface area contributed by atoms with Gasteiger partial charge >= 0.3 is 12.1 Å². The Morgan fingerprint density at radius 1 is 0.667 bits per heavy atom. The lowest BCUT2D eigenvalue weighted by molar-refractivity contribution is -0.192. The van der Waals surface area contributed by atoms with E-state index in [1.54, 1.807) is 24.5 Å². The van der Waals surface area contributed by atoms with E-state index in [1.807, 2.05) is 85.2 Å². The molecule has 6 aromatic rings. The Labute approximate surface area is 406 Å². The van der Waals surface area contributed by atoms with Gasteiger partial charge in [-0.2, -0.15) is 23.4 Å². The molecule has 0 unspecified atom stereocenters. The molecule has 0 saturated carbocycles. The second-order valence-corrected chi connectivity index (χ2v) is 16.3. The maximum atomic E-state index is 12.7. The normalized spacial score (nSPS) is 14.0. The number of carbonyl (C=O) groups excluding carboxylic acids is 2. The van der Waals surface area contributed by atoms with Crippen LogP contribution in [0.3, 0.4) is 0 Å². The number of benzene rings is 4. The van der Waals surface area contributed by atoms with Crippen LogP contribution in [0.15, 0.2) is 110 Å². The molecule has 2 aliphatic rings. The van der Waals surface area contributed by atoms with Gasteiger partial charge in [0, 0.05) is 90.2 Å². The summed E-state index contributed by atoms with van der Waals surface area (Å²) in [6.07, 6.45) is 2.46. The summed E-state index contributed by atoms with van der Waals surface area (Å²) in [6, 6.07) is 26.1. The summed E-state index contributed by atoms with van der Waals surface area (Å²) in [5.41, 5.74) is 6.63. The number of rotatable bonds is 16. The molecule has 0 aliphatic carbocycles. The van der Waals surface area contributed by atoms with Crippen LogP contribution < -0.4 is 20.1 Å². The van der Waals surface area contributed by atoms with Crippen molar-refractivity contribution in [3.63, 3.8) is 0 Å². The number of amides is 2. The Kier molecular flexibility index (Phi) is 19.8. The molecule has 4 heterocycles. The molecule has 69 heavy (non-hydrogen) atoms. The third-order valence-electron chi connectivity index (χ3n) is 10.6. The van der Waals surface area contributed by atoms with E-state index < -0.39 is 12.1 Å². The van der Waals surface area contributed by atoms with E-state index >= 15 is 0 Å². The Morgan fingerprint density at radius 3 is 1.68 bits per heavy atom. The largest absolute Gasteiger partial charge is 0.492 e. The van der Waals surface area contributed by atoms with Crippen LogP contribution in [0.2, 0.25) is 10.0 Å². The quantitative estimate of drug-likeness (QED) is 0.0631. The number of aliphatic carboxylic acids is 1. The van der Waals surface area contributed by atoms with Gasteiger partial charge in [0.05, 0.1) is 57.4 Å². The molecule has 0 bridgehead atoms. The third kappa shape index (κ3) is 16.9. The third-order valence-corrected chi connectivity index (χ3v) is 11.3. The van der Waals surface area contributed by atoms with E-state index in [2.05, 4.69) is 40.8 Å². The average Bonchev–Trinajstić information content (AvgIpc) is 4.09. The molecular weight excluding hydrogens is 944 g/mol. The van der Waals surface area contributed by atoms with Crippen LogP contribution >= 0.6 is 23.2 Å². The fourth-order valence-corrected chi connectivity index (χ4v) is 7.34. The summed E-state index contributed by atoms with van der Waals surface area (Å²) >= 11 is 12.4. The van der Waals surface area contributed by atoms with Crippen LogP contribution in [0.5, 0.6) is 11.5 Å². The highest BCUT2D eigenvalue weighted by molar-refractivity contribution is 6.32. The molecule has 2 saturated heterocycles. The molecule has 0 spiro atoms. The fourth-order valence-electron chi connectivity index (χ4n) is 6.94. The number of carbonyl (C=O) groups is 3. The molecule has 2 aromatic heterocycles. The minimum Gasteiger partial charge on any atom is -0.492 e. The van der Waals surface area contributed by atoms with Gasteiger partial charge in [0.2, 0.25) is 11.8 Å². The summed E-state index contributed by atoms with van der Waals surface area (Å²) in [6.45, 7) is 9.32. The van der Waals surface area contributed by atoms with Gasteiger partial charge in [-0.15, -0.1) is 0 Å². The van der Waals surface area contributed by atoms with Crippen molar-refractivity contribution < 1.29 is 51.6 Å². The number of anilines is 2. The number of carboxylic acids is 1. The number of H-pyrrole nitrogens is 2. The van der Waals surface area contributed by atoms with Crippen LogP contribution in [-0.4, -0.2) is 138 Å². The van der Waals surface area contributed by atoms with Crippen molar-refractivity contribution in [1.29, 1.82) is 0 Å². The highest BCUT2D eigenvalue weighted by Gasteiger charge is 2.38. The van der Waals surface area contributed by atoms with Crippen molar-refractivity contribution in [2.24, 2.45) is 0 Å². The Morgan fingerprint density at radius 2 is 1.17 bits per heavy atom. The van der Waals surface area contributed by atoms with Crippen molar-refractivity contribution in [1.82, 2.24) is 30.2 Å². The number of hydrogen-bond donors (Lipinski definition) is 5. The molecular formula is C48H51Cl2F3N8O8. The van der Waals surface area contributed by atoms with Gasteiger partial charge in [0.1, 0.15) is 24.7 Å².